The van der Waals surface area contributed by atoms with Gasteiger partial charge in [0, 0.05) is 23.1 Å². The van der Waals surface area contributed by atoms with E-state index in [4.69, 9.17) is 28.4 Å². The quantitative estimate of drug-likeness (QED) is 0.407. The number of ether oxygens (including phenoxy) is 6. The van der Waals surface area contributed by atoms with Crippen molar-refractivity contribution in [1.29, 1.82) is 0 Å². The molecule has 7 nitrogen and oxygen atoms in total. The summed E-state index contributed by atoms with van der Waals surface area (Å²) in [5.41, 5.74) is 4.56. The fourth-order valence-corrected chi connectivity index (χ4v) is 4.15. The summed E-state index contributed by atoms with van der Waals surface area (Å²) in [7, 11) is 9.24. The van der Waals surface area contributed by atoms with E-state index in [1.807, 2.05) is 49.4 Å². The van der Waals surface area contributed by atoms with Crippen LogP contribution in [0.2, 0.25) is 0 Å². The number of hydrogen-bond acceptors (Lipinski definition) is 7. The second kappa shape index (κ2) is 10.8. The van der Waals surface area contributed by atoms with Crippen LogP contribution in [0, 0.1) is 6.92 Å². The minimum absolute atomic E-state index is 0.434. The molecule has 0 aromatic heterocycles. The summed E-state index contributed by atoms with van der Waals surface area (Å²) in [4.78, 5) is 12.7. The molecule has 0 aliphatic heterocycles. The maximum absolute atomic E-state index is 12.7. The Balaban J connectivity index is 2.19. The predicted molar refractivity (Wildman–Crippen MR) is 130 cm³/mol. The molecule has 0 spiro atoms. The van der Waals surface area contributed by atoms with Gasteiger partial charge in [0.15, 0.2) is 11.5 Å². The molecule has 0 radical (unpaired) electrons. The molecule has 3 rings (SSSR count). The van der Waals surface area contributed by atoms with Crippen molar-refractivity contribution < 1.29 is 33.2 Å². The summed E-state index contributed by atoms with van der Waals surface area (Å²) in [6.07, 6.45) is 0.460. The van der Waals surface area contributed by atoms with Gasteiger partial charge in [0.25, 0.3) is 0 Å². The molecular weight excluding hydrogens is 436 g/mol. The second-order valence-corrected chi connectivity index (χ2v) is 7.49. The van der Waals surface area contributed by atoms with E-state index in [2.05, 4.69) is 0 Å². The Bertz CT molecular complexity index is 1180. The zero-order chi connectivity index (χ0) is 24.8. The number of hydrogen-bond donors (Lipinski definition) is 0. The van der Waals surface area contributed by atoms with Crippen molar-refractivity contribution in [2.45, 2.75) is 13.3 Å². The Labute approximate surface area is 200 Å². The van der Waals surface area contributed by atoms with Crippen LogP contribution in [0.3, 0.4) is 0 Å². The molecule has 0 atom stereocenters. The Morgan fingerprint density at radius 1 is 0.706 bits per heavy atom. The van der Waals surface area contributed by atoms with Crippen LogP contribution >= 0.6 is 0 Å². The molecule has 34 heavy (non-hydrogen) atoms. The Morgan fingerprint density at radius 2 is 1.32 bits per heavy atom. The van der Waals surface area contributed by atoms with Gasteiger partial charge in [-0.2, -0.15) is 0 Å². The highest BCUT2D eigenvalue weighted by Crippen LogP contribution is 2.50. The van der Waals surface area contributed by atoms with Gasteiger partial charge < -0.3 is 28.4 Å². The lowest BCUT2D eigenvalue weighted by Gasteiger charge is -2.22. The second-order valence-electron chi connectivity index (χ2n) is 7.49. The van der Waals surface area contributed by atoms with Crippen LogP contribution in [0.5, 0.6) is 28.7 Å². The first-order chi connectivity index (χ1) is 16.4. The van der Waals surface area contributed by atoms with Crippen molar-refractivity contribution in [2.24, 2.45) is 0 Å². The zero-order valence-electron chi connectivity index (χ0n) is 20.6. The number of esters is 1. The molecule has 0 bridgehead atoms. The van der Waals surface area contributed by atoms with E-state index in [0.717, 1.165) is 27.8 Å². The third-order valence-electron chi connectivity index (χ3n) is 5.77. The topological polar surface area (TPSA) is 72.5 Å². The van der Waals surface area contributed by atoms with Gasteiger partial charge in [-0.05, 0) is 30.2 Å². The standard InChI is InChI=1S/C27H30O7/c1-16-20(24(31-4)26(33-6)25(32-5)23(16)30-3)14-17-12-13-18(21(15-17)27(28)34-7)19-10-8-9-11-22(19)29-2/h8-13,15H,14H2,1-7H3. The van der Waals surface area contributed by atoms with Crippen molar-refractivity contribution in [3.8, 4) is 39.9 Å². The molecule has 180 valence electrons. The Hall–Kier alpha value is -3.87. The average molecular weight is 467 g/mol. The van der Waals surface area contributed by atoms with E-state index in [0.29, 0.717) is 40.7 Å². The van der Waals surface area contributed by atoms with Gasteiger partial charge >= 0.3 is 5.97 Å². The molecule has 0 unspecified atom stereocenters. The molecule has 0 heterocycles. The number of carbonyl (C=O) groups is 1. The molecule has 0 aliphatic carbocycles. The van der Waals surface area contributed by atoms with E-state index in [9.17, 15) is 4.79 Å². The number of para-hydroxylation sites is 1. The summed E-state index contributed by atoms with van der Waals surface area (Å²) in [5.74, 6) is 2.25. The summed E-state index contributed by atoms with van der Waals surface area (Å²) in [5, 5.41) is 0. The van der Waals surface area contributed by atoms with Gasteiger partial charge in [0.05, 0.1) is 48.2 Å². The molecule has 0 fully saturated rings. The average Bonchev–Trinajstić information content (AvgIpc) is 2.88. The first-order valence-electron chi connectivity index (χ1n) is 10.7. The Kier molecular flexibility index (Phi) is 7.89. The van der Waals surface area contributed by atoms with Crippen molar-refractivity contribution in [2.75, 3.05) is 42.7 Å². The third-order valence-corrected chi connectivity index (χ3v) is 5.77. The number of carbonyl (C=O) groups excluding carboxylic acids is 1. The van der Waals surface area contributed by atoms with E-state index < -0.39 is 5.97 Å². The van der Waals surface area contributed by atoms with Crippen molar-refractivity contribution >= 4 is 5.97 Å². The number of methoxy groups -OCH3 is 6. The summed E-state index contributed by atoms with van der Waals surface area (Å²) in [6, 6.07) is 13.2. The molecule has 0 N–H and O–H groups in total. The van der Waals surface area contributed by atoms with Crippen LogP contribution in [0.25, 0.3) is 11.1 Å². The van der Waals surface area contributed by atoms with E-state index in [1.54, 1.807) is 35.5 Å². The maximum Gasteiger partial charge on any atom is 0.338 e. The minimum Gasteiger partial charge on any atom is -0.496 e. The smallest absolute Gasteiger partial charge is 0.338 e. The molecule has 0 aliphatic rings. The third kappa shape index (κ3) is 4.46. The molecular formula is C27H30O7. The van der Waals surface area contributed by atoms with E-state index >= 15 is 0 Å². The van der Waals surface area contributed by atoms with Crippen molar-refractivity contribution in [3.63, 3.8) is 0 Å². The van der Waals surface area contributed by atoms with Crippen LogP contribution in [-0.4, -0.2) is 48.6 Å². The minimum atomic E-state index is -0.434. The summed E-state index contributed by atoms with van der Waals surface area (Å²) in [6.45, 7) is 1.93. The molecule has 3 aromatic rings. The molecule has 3 aromatic carbocycles. The molecule has 7 heteroatoms. The largest absolute Gasteiger partial charge is 0.496 e. The van der Waals surface area contributed by atoms with Crippen molar-refractivity contribution in [3.05, 3.63) is 64.7 Å². The summed E-state index contributed by atoms with van der Waals surface area (Å²) >= 11 is 0. The van der Waals surface area contributed by atoms with Crippen LogP contribution in [0.15, 0.2) is 42.5 Å². The number of benzene rings is 3. The Morgan fingerprint density at radius 3 is 1.91 bits per heavy atom. The lowest BCUT2D eigenvalue weighted by Crippen LogP contribution is -2.07. The van der Waals surface area contributed by atoms with Crippen LogP contribution in [0.1, 0.15) is 27.0 Å². The number of rotatable bonds is 9. The monoisotopic (exact) mass is 466 g/mol. The first kappa shape index (κ1) is 24.8. The van der Waals surface area contributed by atoms with Gasteiger partial charge in [-0.25, -0.2) is 4.79 Å². The lowest BCUT2D eigenvalue weighted by atomic mass is 9.92. The normalized spacial score (nSPS) is 10.4. The van der Waals surface area contributed by atoms with Gasteiger partial charge in [-0.3, -0.25) is 0 Å². The predicted octanol–water partition coefficient (Wildman–Crippen LogP) is 5.08. The highest BCUT2D eigenvalue weighted by atomic mass is 16.5. The van der Waals surface area contributed by atoms with Gasteiger partial charge in [0.2, 0.25) is 11.5 Å². The van der Waals surface area contributed by atoms with E-state index in [1.165, 1.54) is 7.11 Å². The van der Waals surface area contributed by atoms with Crippen LogP contribution in [0.4, 0.5) is 0 Å². The van der Waals surface area contributed by atoms with Crippen LogP contribution in [-0.2, 0) is 11.2 Å². The molecule has 0 saturated carbocycles. The molecule has 0 saturated heterocycles. The van der Waals surface area contributed by atoms with Gasteiger partial charge in [-0.15, -0.1) is 0 Å². The zero-order valence-corrected chi connectivity index (χ0v) is 20.6. The SMILES string of the molecule is COC(=O)c1cc(Cc2c(C)c(OC)c(OC)c(OC)c2OC)ccc1-c1ccccc1OC. The first-order valence-corrected chi connectivity index (χ1v) is 10.7. The van der Waals surface area contributed by atoms with Gasteiger partial charge in [-0.1, -0.05) is 30.3 Å². The summed E-state index contributed by atoms with van der Waals surface area (Å²) < 4.78 is 33.1. The van der Waals surface area contributed by atoms with E-state index in [-0.39, 0.29) is 0 Å². The highest BCUT2D eigenvalue weighted by molar-refractivity contribution is 5.98. The highest BCUT2D eigenvalue weighted by Gasteiger charge is 2.26. The van der Waals surface area contributed by atoms with Crippen molar-refractivity contribution in [1.82, 2.24) is 0 Å². The fourth-order valence-electron chi connectivity index (χ4n) is 4.15. The lowest BCUT2D eigenvalue weighted by molar-refractivity contribution is 0.0601. The maximum atomic E-state index is 12.7. The van der Waals surface area contributed by atoms with Gasteiger partial charge in [0.1, 0.15) is 5.75 Å². The molecule has 0 amide bonds. The van der Waals surface area contributed by atoms with Crippen LogP contribution < -0.4 is 23.7 Å². The fraction of sp³-hybridized carbons (Fsp3) is 0.296.